The van der Waals surface area contributed by atoms with Crippen molar-refractivity contribution >= 4 is 27.5 Å². The molecule has 154 valence electrons. The van der Waals surface area contributed by atoms with Gasteiger partial charge in [0.1, 0.15) is 5.01 Å². The van der Waals surface area contributed by atoms with Gasteiger partial charge < -0.3 is 9.47 Å². The number of nitrogens with zero attached hydrogens (tertiary/aromatic N) is 1. The number of benzene rings is 2. The maximum atomic E-state index is 11.0. The zero-order valence-corrected chi connectivity index (χ0v) is 17.3. The number of carbonyl (C=O) groups excluding carboxylic acids is 1. The Morgan fingerprint density at radius 1 is 1.07 bits per heavy atom. The average molecular weight is 415 g/mol. The van der Waals surface area contributed by atoms with Crippen LogP contribution in [-0.4, -0.2) is 29.3 Å². The number of carbonyl (C=O) groups is 1. The second kappa shape index (κ2) is 10.8. The maximum Gasteiger partial charge on any atom is 0.243 e. The monoisotopic (exact) mass is 414 g/mol. The second-order valence-electron chi connectivity index (χ2n) is 6.63. The zero-order valence-electron chi connectivity index (χ0n) is 16.5. The van der Waals surface area contributed by atoms with Crippen LogP contribution in [-0.2, 0) is 4.79 Å². The summed E-state index contributed by atoms with van der Waals surface area (Å²) >= 11 is 1.66. The van der Waals surface area contributed by atoms with E-state index in [1.165, 1.54) is 0 Å². The topological polar surface area (TPSA) is 80.7 Å². The van der Waals surface area contributed by atoms with Crippen molar-refractivity contribution in [2.24, 2.45) is 0 Å². The van der Waals surface area contributed by atoms with E-state index in [2.05, 4.69) is 6.07 Å². The summed E-state index contributed by atoms with van der Waals surface area (Å²) in [6.07, 6.45) is 3.89. The fourth-order valence-corrected chi connectivity index (χ4v) is 3.97. The molecule has 2 aromatic carbocycles. The van der Waals surface area contributed by atoms with Crippen LogP contribution in [0.3, 0.4) is 0 Å². The van der Waals surface area contributed by atoms with Crippen molar-refractivity contribution in [1.29, 1.82) is 0 Å². The number of thiazole rings is 1. The molecule has 0 aliphatic carbocycles. The highest BCUT2D eigenvalue weighted by Gasteiger charge is 2.11. The maximum absolute atomic E-state index is 11.0. The molecule has 1 aromatic heterocycles. The molecular weight excluding hydrogens is 388 g/mol. The molecule has 0 spiro atoms. The molecule has 3 rings (SSSR count). The third kappa shape index (κ3) is 5.92. The van der Waals surface area contributed by atoms with E-state index in [-0.39, 0.29) is 5.91 Å². The van der Waals surface area contributed by atoms with Crippen molar-refractivity contribution in [2.45, 2.75) is 39.0 Å². The quantitative estimate of drug-likeness (QED) is 0.256. The minimum atomic E-state index is -0.337. The number of hydroxylamine groups is 1. The molecule has 0 bridgehead atoms. The first kappa shape index (κ1) is 21.1. The van der Waals surface area contributed by atoms with Crippen LogP contribution < -0.4 is 15.0 Å². The second-order valence-corrected chi connectivity index (χ2v) is 7.66. The molecule has 1 heterocycles. The number of unbranched alkanes of at least 4 members (excludes halogenated alkanes) is 3. The summed E-state index contributed by atoms with van der Waals surface area (Å²) in [6, 6.07) is 14.1. The highest BCUT2D eigenvalue weighted by Crippen LogP contribution is 2.36. The normalized spacial score (nSPS) is 10.8. The molecule has 6 nitrogen and oxygen atoms in total. The molecule has 0 aliphatic heterocycles. The molecule has 3 aromatic rings. The molecule has 0 saturated heterocycles. The molecule has 0 aliphatic rings. The third-order valence-electron chi connectivity index (χ3n) is 4.46. The van der Waals surface area contributed by atoms with Crippen molar-refractivity contribution < 1.29 is 19.5 Å². The van der Waals surface area contributed by atoms with E-state index >= 15 is 0 Å². The van der Waals surface area contributed by atoms with E-state index < -0.39 is 0 Å². The Bertz CT molecular complexity index is 908. The lowest BCUT2D eigenvalue weighted by Crippen LogP contribution is -2.17. The van der Waals surface area contributed by atoms with E-state index in [0.29, 0.717) is 19.6 Å². The van der Waals surface area contributed by atoms with E-state index in [9.17, 15) is 4.79 Å². The highest BCUT2D eigenvalue weighted by molar-refractivity contribution is 7.21. The van der Waals surface area contributed by atoms with Gasteiger partial charge in [-0.1, -0.05) is 25.0 Å². The van der Waals surface area contributed by atoms with Crippen molar-refractivity contribution in [3.05, 3.63) is 42.5 Å². The first-order chi connectivity index (χ1) is 14.2. The van der Waals surface area contributed by atoms with Crippen LogP contribution in [0.2, 0.25) is 0 Å². The van der Waals surface area contributed by atoms with Crippen LogP contribution in [0.5, 0.6) is 11.5 Å². The van der Waals surface area contributed by atoms with E-state index in [4.69, 9.17) is 19.7 Å². The third-order valence-corrected chi connectivity index (χ3v) is 5.55. The molecule has 0 unspecified atom stereocenters. The van der Waals surface area contributed by atoms with Gasteiger partial charge in [-0.2, -0.15) is 0 Å². The van der Waals surface area contributed by atoms with Gasteiger partial charge in [0.25, 0.3) is 0 Å². The number of amides is 1. The Morgan fingerprint density at radius 3 is 2.69 bits per heavy atom. The predicted octanol–water partition coefficient (Wildman–Crippen LogP) is 5.20. The van der Waals surface area contributed by atoms with Crippen molar-refractivity contribution in [2.75, 3.05) is 13.2 Å². The average Bonchev–Trinajstić information content (AvgIpc) is 3.18. The van der Waals surface area contributed by atoms with Crippen molar-refractivity contribution in [3.63, 3.8) is 0 Å². The summed E-state index contributed by atoms with van der Waals surface area (Å²) in [7, 11) is 0. The van der Waals surface area contributed by atoms with Crippen LogP contribution in [0.15, 0.2) is 42.5 Å². The number of rotatable bonds is 11. The molecule has 0 saturated carbocycles. The Labute approximate surface area is 174 Å². The van der Waals surface area contributed by atoms with Crippen LogP contribution >= 0.6 is 11.3 Å². The minimum Gasteiger partial charge on any atom is -0.490 e. The molecule has 0 radical (unpaired) electrons. The summed E-state index contributed by atoms with van der Waals surface area (Å²) in [4.78, 5) is 15.7. The number of para-hydroxylation sites is 1. The SMILES string of the molecule is CCOc1cc(-c2nc3ccccc3s2)ccc1OCCCCCCC(=O)NO. The summed E-state index contributed by atoms with van der Waals surface area (Å²) < 4.78 is 12.9. The molecular formula is C22H26N2O4S. The number of hydrogen-bond acceptors (Lipinski definition) is 6. The number of hydrogen-bond donors (Lipinski definition) is 2. The van der Waals surface area contributed by atoms with Crippen LogP contribution in [0.4, 0.5) is 0 Å². The molecule has 2 N–H and O–H groups in total. The van der Waals surface area contributed by atoms with Crippen molar-refractivity contribution in [3.8, 4) is 22.1 Å². The van der Waals surface area contributed by atoms with Gasteiger partial charge in [-0.15, -0.1) is 11.3 Å². The molecule has 0 fully saturated rings. The summed E-state index contributed by atoms with van der Waals surface area (Å²) in [5, 5.41) is 9.43. The Morgan fingerprint density at radius 2 is 1.90 bits per heavy atom. The fraction of sp³-hybridized carbons (Fsp3) is 0.364. The van der Waals surface area contributed by atoms with Crippen LogP contribution in [0.1, 0.15) is 39.0 Å². The van der Waals surface area contributed by atoms with Crippen LogP contribution in [0, 0.1) is 0 Å². The molecule has 1 amide bonds. The Balaban J connectivity index is 1.57. The summed E-state index contributed by atoms with van der Waals surface area (Å²) in [6.45, 7) is 3.11. The van der Waals surface area contributed by atoms with Gasteiger partial charge in [0.15, 0.2) is 11.5 Å². The number of ether oxygens (including phenoxy) is 2. The van der Waals surface area contributed by atoms with E-state index in [1.54, 1.807) is 16.8 Å². The van der Waals surface area contributed by atoms with Gasteiger partial charge >= 0.3 is 0 Å². The summed E-state index contributed by atoms with van der Waals surface area (Å²) in [5.41, 5.74) is 3.67. The Hall–Kier alpha value is -2.64. The predicted molar refractivity (Wildman–Crippen MR) is 115 cm³/mol. The van der Waals surface area contributed by atoms with Crippen molar-refractivity contribution in [1.82, 2.24) is 10.5 Å². The van der Waals surface area contributed by atoms with Gasteiger partial charge in [-0.3, -0.25) is 10.0 Å². The smallest absolute Gasteiger partial charge is 0.243 e. The number of fused-ring (bicyclic) bond motifs is 1. The van der Waals surface area contributed by atoms with Gasteiger partial charge in [-0.25, -0.2) is 10.5 Å². The van der Waals surface area contributed by atoms with Gasteiger partial charge in [-0.05, 0) is 50.1 Å². The lowest BCUT2D eigenvalue weighted by atomic mass is 10.1. The van der Waals surface area contributed by atoms with Gasteiger partial charge in [0.2, 0.25) is 5.91 Å². The largest absolute Gasteiger partial charge is 0.490 e. The van der Waals surface area contributed by atoms with Gasteiger partial charge in [0, 0.05) is 12.0 Å². The lowest BCUT2D eigenvalue weighted by molar-refractivity contribution is -0.129. The minimum absolute atomic E-state index is 0.337. The molecule has 7 heteroatoms. The molecule has 0 atom stereocenters. The van der Waals surface area contributed by atoms with E-state index in [1.807, 2.05) is 43.3 Å². The lowest BCUT2D eigenvalue weighted by Gasteiger charge is -2.13. The molecule has 29 heavy (non-hydrogen) atoms. The Kier molecular flexibility index (Phi) is 7.84. The fourth-order valence-electron chi connectivity index (χ4n) is 3.00. The standard InChI is InChI=1S/C22H26N2O4S/c1-2-27-19-15-16(22-23-17-9-6-7-10-20(17)29-22)12-13-18(19)28-14-8-4-3-5-11-21(25)24-26/h6-7,9-10,12-13,15,26H,2-5,8,11,14H2,1H3,(H,24,25). The number of nitrogens with one attached hydrogen (secondary N) is 1. The first-order valence-electron chi connectivity index (χ1n) is 9.89. The van der Waals surface area contributed by atoms with Crippen LogP contribution in [0.25, 0.3) is 20.8 Å². The van der Waals surface area contributed by atoms with Gasteiger partial charge in [0.05, 0.1) is 23.4 Å². The summed E-state index contributed by atoms with van der Waals surface area (Å²) in [5.74, 6) is 1.12. The highest BCUT2D eigenvalue weighted by atomic mass is 32.1. The van der Waals surface area contributed by atoms with E-state index in [0.717, 1.165) is 58.0 Å². The first-order valence-corrected chi connectivity index (χ1v) is 10.7. The zero-order chi connectivity index (χ0) is 20.5. The number of aromatic nitrogens is 1.